The van der Waals surface area contributed by atoms with Crippen molar-refractivity contribution >= 4 is 5.95 Å². The summed E-state index contributed by atoms with van der Waals surface area (Å²) in [5.74, 6) is 1.56. The van der Waals surface area contributed by atoms with Crippen LogP contribution in [0.2, 0.25) is 0 Å². The number of aryl methyl sites for hydroxylation is 1. The van der Waals surface area contributed by atoms with Crippen molar-refractivity contribution < 1.29 is 4.74 Å². The fraction of sp³-hybridized carbons (Fsp3) is 0.750. The van der Waals surface area contributed by atoms with E-state index < -0.39 is 0 Å². The van der Waals surface area contributed by atoms with Crippen LogP contribution in [0.15, 0.2) is 6.20 Å². The van der Waals surface area contributed by atoms with Crippen LogP contribution in [0.1, 0.15) is 12.6 Å². The highest BCUT2D eigenvalue weighted by Crippen LogP contribution is 2.22. The van der Waals surface area contributed by atoms with Crippen molar-refractivity contribution in [2.24, 2.45) is 11.7 Å². The van der Waals surface area contributed by atoms with Crippen molar-refractivity contribution in [2.75, 3.05) is 31.7 Å². The van der Waals surface area contributed by atoms with E-state index in [0.29, 0.717) is 12.5 Å². The van der Waals surface area contributed by atoms with Gasteiger partial charge in [0.05, 0.1) is 12.3 Å². The number of anilines is 1. The fourth-order valence-electron chi connectivity index (χ4n) is 2.30. The molecule has 0 radical (unpaired) electrons. The second kappa shape index (κ2) is 5.06. The quantitative estimate of drug-likeness (QED) is 0.835. The molecular formula is C12H22N4O. The lowest BCUT2D eigenvalue weighted by atomic mass is 10.1. The molecule has 1 aliphatic heterocycles. The van der Waals surface area contributed by atoms with Gasteiger partial charge >= 0.3 is 0 Å². The Balaban J connectivity index is 2.14. The van der Waals surface area contributed by atoms with Gasteiger partial charge in [0.1, 0.15) is 0 Å². The molecule has 5 heteroatoms. The van der Waals surface area contributed by atoms with Crippen LogP contribution in [0.4, 0.5) is 5.95 Å². The zero-order chi connectivity index (χ0) is 12.4. The van der Waals surface area contributed by atoms with Gasteiger partial charge < -0.3 is 19.9 Å². The Labute approximate surface area is 103 Å². The molecule has 0 amide bonds. The molecule has 0 aromatic carbocycles. The van der Waals surface area contributed by atoms with Crippen LogP contribution in [0, 0.1) is 12.8 Å². The van der Waals surface area contributed by atoms with Gasteiger partial charge in [-0.2, -0.15) is 0 Å². The first-order valence-corrected chi connectivity index (χ1v) is 6.15. The third-order valence-electron chi connectivity index (χ3n) is 3.37. The Morgan fingerprint density at radius 3 is 2.88 bits per heavy atom. The van der Waals surface area contributed by atoms with Crippen LogP contribution in [0.5, 0.6) is 0 Å². The summed E-state index contributed by atoms with van der Waals surface area (Å²) in [7, 11) is 1.72. The van der Waals surface area contributed by atoms with Crippen molar-refractivity contribution in [1.82, 2.24) is 9.55 Å². The van der Waals surface area contributed by atoms with Crippen LogP contribution < -0.4 is 10.6 Å². The zero-order valence-electron chi connectivity index (χ0n) is 10.9. The minimum absolute atomic E-state index is 0.253. The van der Waals surface area contributed by atoms with E-state index in [1.165, 1.54) is 0 Å². The van der Waals surface area contributed by atoms with E-state index in [9.17, 15) is 0 Å². The van der Waals surface area contributed by atoms with Gasteiger partial charge in [-0.3, -0.25) is 0 Å². The highest BCUT2D eigenvalue weighted by molar-refractivity contribution is 5.36. The summed E-state index contributed by atoms with van der Waals surface area (Å²) in [5, 5.41) is 0. The summed E-state index contributed by atoms with van der Waals surface area (Å²) < 4.78 is 7.28. The molecule has 5 nitrogen and oxygen atoms in total. The number of rotatable bonds is 4. The molecule has 0 aliphatic carbocycles. The molecule has 96 valence electrons. The lowest BCUT2D eigenvalue weighted by molar-refractivity contribution is 0.187. The van der Waals surface area contributed by atoms with E-state index in [2.05, 4.69) is 27.6 Å². The summed E-state index contributed by atoms with van der Waals surface area (Å²) in [5.41, 5.74) is 7.11. The number of aromatic nitrogens is 2. The van der Waals surface area contributed by atoms with Gasteiger partial charge in [-0.1, -0.05) is 6.92 Å². The van der Waals surface area contributed by atoms with Gasteiger partial charge in [0.2, 0.25) is 5.95 Å². The number of methoxy groups -OCH3 is 1. The average Bonchev–Trinajstić information content (AvgIpc) is 2.80. The maximum absolute atomic E-state index is 6.06. The highest BCUT2D eigenvalue weighted by atomic mass is 16.5. The zero-order valence-corrected chi connectivity index (χ0v) is 10.9. The van der Waals surface area contributed by atoms with Crippen LogP contribution in [0.3, 0.4) is 0 Å². The second-order valence-electron chi connectivity index (χ2n) is 4.91. The van der Waals surface area contributed by atoms with Crippen molar-refractivity contribution in [2.45, 2.75) is 26.4 Å². The number of ether oxygens (including phenoxy) is 1. The number of nitrogens with two attached hydrogens (primary N) is 1. The van der Waals surface area contributed by atoms with Crippen LogP contribution in [-0.4, -0.2) is 42.4 Å². The van der Waals surface area contributed by atoms with Gasteiger partial charge in [-0.25, -0.2) is 4.98 Å². The molecule has 17 heavy (non-hydrogen) atoms. The predicted octanol–water partition coefficient (Wildman–Crippen LogP) is 0.621. The summed E-state index contributed by atoms with van der Waals surface area (Å²) in [6.45, 7) is 7.65. The van der Waals surface area contributed by atoms with Gasteiger partial charge in [0.25, 0.3) is 0 Å². The Bertz CT molecular complexity index is 367. The number of hydrogen-bond acceptors (Lipinski definition) is 4. The molecule has 0 bridgehead atoms. The standard InChI is InChI=1S/C12H22N4O/c1-9-6-16(8-11(9)13)12-14-10(2)7-15(12)4-5-17-3/h7,9,11H,4-6,8,13H2,1-3H3. The molecule has 1 aliphatic rings. The van der Waals surface area contributed by atoms with E-state index in [1.54, 1.807) is 7.11 Å². The summed E-state index contributed by atoms with van der Waals surface area (Å²) >= 11 is 0. The fourth-order valence-corrected chi connectivity index (χ4v) is 2.30. The minimum Gasteiger partial charge on any atom is -0.383 e. The lowest BCUT2D eigenvalue weighted by Crippen LogP contribution is -2.29. The third kappa shape index (κ3) is 2.61. The molecule has 2 unspecified atom stereocenters. The predicted molar refractivity (Wildman–Crippen MR) is 68.2 cm³/mol. The summed E-state index contributed by atoms with van der Waals surface area (Å²) in [6.07, 6.45) is 2.07. The topological polar surface area (TPSA) is 56.3 Å². The lowest BCUT2D eigenvalue weighted by Gasteiger charge is -2.18. The maximum atomic E-state index is 6.06. The highest BCUT2D eigenvalue weighted by Gasteiger charge is 2.29. The number of hydrogen-bond donors (Lipinski definition) is 1. The number of imidazole rings is 1. The van der Waals surface area contributed by atoms with Crippen LogP contribution in [0.25, 0.3) is 0 Å². The maximum Gasteiger partial charge on any atom is 0.205 e. The normalized spacial score (nSPS) is 24.6. The Morgan fingerprint density at radius 1 is 1.53 bits per heavy atom. The molecule has 1 aromatic rings. The molecule has 2 heterocycles. The van der Waals surface area contributed by atoms with E-state index in [0.717, 1.165) is 31.3 Å². The molecule has 1 fully saturated rings. The first-order valence-electron chi connectivity index (χ1n) is 6.15. The molecule has 0 spiro atoms. The largest absolute Gasteiger partial charge is 0.383 e. The Kier molecular flexibility index (Phi) is 3.69. The van der Waals surface area contributed by atoms with Crippen molar-refractivity contribution in [3.63, 3.8) is 0 Å². The van der Waals surface area contributed by atoms with Crippen LogP contribution in [-0.2, 0) is 11.3 Å². The van der Waals surface area contributed by atoms with E-state index in [1.807, 2.05) is 6.92 Å². The van der Waals surface area contributed by atoms with Crippen LogP contribution >= 0.6 is 0 Å². The molecule has 2 atom stereocenters. The smallest absolute Gasteiger partial charge is 0.205 e. The number of nitrogens with zero attached hydrogens (tertiary/aromatic N) is 3. The minimum atomic E-state index is 0.253. The Morgan fingerprint density at radius 2 is 2.29 bits per heavy atom. The van der Waals surface area contributed by atoms with E-state index >= 15 is 0 Å². The second-order valence-corrected chi connectivity index (χ2v) is 4.91. The average molecular weight is 238 g/mol. The Hall–Kier alpha value is -1.07. The van der Waals surface area contributed by atoms with Gasteiger partial charge in [0, 0.05) is 39.0 Å². The van der Waals surface area contributed by atoms with E-state index in [-0.39, 0.29) is 6.04 Å². The van der Waals surface area contributed by atoms with Gasteiger partial charge in [-0.05, 0) is 12.8 Å². The first kappa shape index (κ1) is 12.4. The third-order valence-corrected chi connectivity index (χ3v) is 3.37. The van der Waals surface area contributed by atoms with E-state index in [4.69, 9.17) is 10.5 Å². The molecule has 2 N–H and O–H groups in total. The van der Waals surface area contributed by atoms with Crippen molar-refractivity contribution in [3.8, 4) is 0 Å². The molecule has 0 saturated carbocycles. The SMILES string of the molecule is COCCn1cc(C)nc1N1CC(C)C(N)C1. The van der Waals surface area contributed by atoms with Gasteiger partial charge in [0.15, 0.2) is 0 Å². The summed E-state index contributed by atoms with van der Waals surface area (Å²) in [6, 6.07) is 0.253. The molecule has 2 rings (SSSR count). The van der Waals surface area contributed by atoms with Crippen molar-refractivity contribution in [3.05, 3.63) is 11.9 Å². The molecular weight excluding hydrogens is 216 g/mol. The monoisotopic (exact) mass is 238 g/mol. The van der Waals surface area contributed by atoms with Crippen molar-refractivity contribution in [1.29, 1.82) is 0 Å². The van der Waals surface area contributed by atoms with Gasteiger partial charge in [-0.15, -0.1) is 0 Å². The summed E-state index contributed by atoms with van der Waals surface area (Å²) in [4.78, 5) is 6.87. The first-order chi connectivity index (χ1) is 8.11. The molecule has 1 aromatic heterocycles. The molecule has 1 saturated heterocycles.